The zero-order chi connectivity index (χ0) is 15.4. The number of thiophene rings is 1. The third-order valence-electron chi connectivity index (χ3n) is 3.58. The number of urea groups is 1. The molecule has 1 saturated heterocycles. The average molecular weight is 340 g/mol. The molecule has 118 valence electrons. The number of alkyl halides is 1. The predicted molar refractivity (Wildman–Crippen MR) is 87.2 cm³/mol. The molecule has 0 radical (unpaired) electrons. The van der Waals surface area contributed by atoms with E-state index in [9.17, 15) is 9.18 Å². The number of likely N-dealkylation sites (tertiary alicyclic amines) is 1. The number of carbonyl (C=O) groups is 1. The van der Waals surface area contributed by atoms with E-state index in [1.165, 1.54) is 11.3 Å². The van der Waals surface area contributed by atoms with Crippen LogP contribution in [0.25, 0.3) is 0 Å². The molecule has 1 aliphatic heterocycles. The number of hydrogen-bond donors (Lipinski definition) is 2. The number of rotatable bonds is 5. The molecule has 0 aliphatic carbocycles. The van der Waals surface area contributed by atoms with E-state index in [-0.39, 0.29) is 12.1 Å². The minimum atomic E-state index is -0.841. The molecule has 2 atom stereocenters. The Labute approximate surface area is 136 Å². The van der Waals surface area contributed by atoms with Crippen LogP contribution in [0.3, 0.4) is 0 Å². The molecule has 0 unspecified atom stereocenters. The summed E-state index contributed by atoms with van der Waals surface area (Å²) in [6.45, 7) is 1.47. The molecule has 2 N–H and O–H groups in total. The maximum absolute atomic E-state index is 13.7. The van der Waals surface area contributed by atoms with Gasteiger partial charge in [0.25, 0.3) is 0 Å². The fourth-order valence-corrected chi connectivity index (χ4v) is 3.78. The van der Waals surface area contributed by atoms with Crippen LogP contribution < -0.4 is 10.6 Å². The van der Waals surface area contributed by atoms with Gasteiger partial charge in [0, 0.05) is 36.1 Å². The largest absolute Gasteiger partial charge is 0.336 e. The van der Waals surface area contributed by atoms with Crippen molar-refractivity contribution in [2.45, 2.75) is 25.2 Å². The molecule has 2 amide bonds. The Kier molecular flexibility index (Phi) is 5.01. The molecule has 3 rings (SSSR count). The van der Waals surface area contributed by atoms with Crippen LogP contribution in [0.4, 0.5) is 14.9 Å². The summed E-state index contributed by atoms with van der Waals surface area (Å²) in [5, 5.41) is 12.2. The van der Waals surface area contributed by atoms with Crippen molar-refractivity contribution < 1.29 is 9.18 Å². The number of hydrogen-bond acceptors (Lipinski definition) is 5. The van der Waals surface area contributed by atoms with Gasteiger partial charge in [0.1, 0.15) is 11.2 Å². The van der Waals surface area contributed by atoms with E-state index >= 15 is 0 Å². The van der Waals surface area contributed by atoms with Gasteiger partial charge in [-0.2, -0.15) is 11.3 Å². The number of halogens is 1. The molecule has 2 aromatic rings. The maximum Gasteiger partial charge on any atom is 0.319 e. The molecule has 1 fully saturated rings. The van der Waals surface area contributed by atoms with E-state index < -0.39 is 6.17 Å². The van der Waals surface area contributed by atoms with Crippen LogP contribution in [0.2, 0.25) is 0 Å². The van der Waals surface area contributed by atoms with Gasteiger partial charge in [-0.15, -0.1) is 11.3 Å². The number of nitrogens with zero attached hydrogens (tertiary/aromatic N) is 2. The summed E-state index contributed by atoms with van der Waals surface area (Å²) < 4.78 is 13.7. The summed E-state index contributed by atoms with van der Waals surface area (Å²) in [7, 11) is 0. The van der Waals surface area contributed by atoms with Gasteiger partial charge < -0.3 is 10.6 Å². The van der Waals surface area contributed by atoms with Crippen LogP contribution >= 0.6 is 22.7 Å². The monoisotopic (exact) mass is 340 g/mol. The highest BCUT2D eigenvalue weighted by molar-refractivity contribution is 7.09. The number of anilines is 1. The summed E-state index contributed by atoms with van der Waals surface area (Å²) >= 11 is 3.09. The minimum absolute atomic E-state index is 0.00660. The first kappa shape index (κ1) is 15.4. The zero-order valence-corrected chi connectivity index (χ0v) is 13.5. The van der Waals surface area contributed by atoms with Crippen molar-refractivity contribution >= 4 is 34.4 Å². The standard InChI is InChI=1S/C14H17FN4OS2/c15-10-5-12(19(7-10)8-13-16-2-4-22-13)6-17-14(20)18-11-1-3-21-9-11/h1-4,9-10,12H,5-8H2,(H2,17,18,20)/t10-,12-/m0/s1. The first-order valence-electron chi connectivity index (χ1n) is 7.04. The number of amides is 2. The van der Waals surface area contributed by atoms with Crippen LogP contribution in [0.5, 0.6) is 0 Å². The molecule has 22 heavy (non-hydrogen) atoms. The smallest absolute Gasteiger partial charge is 0.319 e. The highest BCUT2D eigenvalue weighted by Gasteiger charge is 2.32. The quantitative estimate of drug-likeness (QED) is 0.880. The molecule has 1 aliphatic rings. The fraction of sp³-hybridized carbons (Fsp3) is 0.429. The third-order valence-corrected chi connectivity index (χ3v) is 5.02. The van der Waals surface area contributed by atoms with Gasteiger partial charge >= 0.3 is 6.03 Å². The molecular formula is C14H17FN4OS2. The zero-order valence-electron chi connectivity index (χ0n) is 11.9. The van der Waals surface area contributed by atoms with Crippen molar-refractivity contribution in [3.63, 3.8) is 0 Å². The Morgan fingerprint density at radius 2 is 2.41 bits per heavy atom. The van der Waals surface area contributed by atoms with Crippen molar-refractivity contribution in [2.75, 3.05) is 18.4 Å². The van der Waals surface area contributed by atoms with E-state index in [0.29, 0.717) is 26.1 Å². The first-order chi connectivity index (χ1) is 10.7. The average Bonchev–Trinajstić information content (AvgIpc) is 3.20. The lowest BCUT2D eigenvalue weighted by Gasteiger charge is -2.23. The molecule has 3 heterocycles. The number of thiazole rings is 1. The van der Waals surface area contributed by atoms with Gasteiger partial charge in [-0.25, -0.2) is 14.2 Å². The van der Waals surface area contributed by atoms with Crippen molar-refractivity contribution in [1.29, 1.82) is 0 Å². The Morgan fingerprint density at radius 3 is 3.14 bits per heavy atom. The predicted octanol–water partition coefficient (Wildman–Crippen LogP) is 2.94. The number of aromatic nitrogens is 1. The van der Waals surface area contributed by atoms with Crippen LogP contribution in [0.15, 0.2) is 28.4 Å². The molecule has 0 bridgehead atoms. The summed E-state index contributed by atoms with van der Waals surface area (Å²) in [4.78, 5) is 18.1. The fourth-order valence-electron chi connectivity index (χ4n) is 2.55. The van der Waals surface area contributed by atoms with Crippen molar-refractivity contribution in [1.82, 2.24) is 15.2 Å². The van der Waals surface area contributed by atoms with Crippen LogP contribution in [-0.2, 0) is 6.54 Å². The summed E-state index contributed by atoms with van der Waals surface area (Å²) in [5.41, 5.74) is 0.775. The van der Waals surface area contributed by atoms with Gasteiger partial charge in [0.2, 0.25) is 0 Å². The van der Waals surface area contributed by atoms with E-state index in [1.807, 2.05) is 27.1 Å². The Balaban J connectivity index is 1.50. The molecule has 5 nitrogen and oxygen atoms in total. The highest BCUT2D eigenvalue weighted by atomic mass is 32.1. The number of nitrogens with one attached hydrogen (secondary N) is 2. The molecule has 0 aromatic carbocycles. The van der Waals surface area contributed by atoms with E-state index in [2.05, 4.69) is 15.6 Å². The molecule has 0 saturated carbocycles. The highest BCUT2D eigenvalue weighted by Crippen LogP contribution is 2.23. The Hall–Kier alpha value is -1.51. The summed E-state index contributed by atoms with van der Waals surface area (Å²) in [5.74, 6) is 0. The Bertz CT molecular complexity index is 590. The normalized spacial score (nSPS) is 21.9. The third kappa shape index (κ3) is 4.02. The lowest BCUT2D eigenvalue weighted by Crippen LogP contribution is -2.41. The number of carbonyl (C=O) groups excluding carboxylic acids is 1. The SMILES string of the molecule is O=C(NC[C@@H]1C[C@H](F)CN1Cc1nccs1)Nc1ccsc1. The van der Waals surface area contributed by atoms with Crippen molar-refractivity contribution in [2.24, 2.45) is 0 Å². The van der Waals surface area contributed by atoms with Crippen molar-refractivity contribution in [3.05, 3.63) is 33.4 Å². The topological polar surface area (TPSA) is 57.3 Å². The first-order valence-corrected chi connectivity index (χ1v) is 8.86. The van der Waals surface area contributed by atoms with Gasteiger partial charge in [-0.3, -0.25) is 4.90 Å². The second kappa shape index (κ2) is 7.17. The van der Waals surface area contributed by atoms with Gasteiger partial charge in [-0.05, 0) is 17.9 Å². The van der Waals surface area contributed by atoms with Gasteiger partial charge in [0.05, 0.1) is 12.2 Å². The second-order valence-electron chi connectivity index (χ2n) is 5.19. The molecule has 2 aromatic heterocycles. The lowest BCUT2D eigenvalue weighted by atomic mass is 10.2. The van der Waals surface area contributed by atoms with E-state index in [4.69, 9.17) is 0 Å². The van der Waals surface area contributed by atoms with E-state index in [0.717, 1.165) is 10.7 Å². The maximum atomic E-state index is 13.7. The molecular weight excluding hydrogens is 323 g/mol. The van der Waals surface area contributed by atoms with Crippen LogP contribution in [0, 0.1) is 0 Å². The van der Waals surface area contributed by atoms with Gasteiger partial charge in [-0.1, -0.05) is 0 Å². The van der Waals surface area contributed by atoms with Gasteiger partial charge in [0.15, 0.2) is 0 Å². The molecule has 0 spiro atoms. The van der Waals surface area contributed by atoms with Crippen molar-refractivity contribution in [3.8, 4) is 0 Å². The molecule has 8 heteroatoms. The summed E-state index contributed by atoms with van der Waals surface area (Å²) in [6.07, 6.45) is 1.36. The Morgan fingerprint density at radius 1 is 1.50 bits per heavy atom. The van der Waals surface area contributed by atoms with Crippen LogP contribution in [0.1, 0.15) is 11.4 Å². The second-order valence-corrected chi connectivity index (χ2v) is 6.95. The minimum Gasteiger partial charge on any atom is -0.336 e. The summed E-state index contributed by atoms with van der Waals surface area (Å²) in [6, 6.07) is 1.59. The van der Waals surface area contributed by atoms with E-state index in [1.54, 1.807) is 17.5 Å². The lowest BCUT2D eigenvalue weighted by molar-refractivity contribution is 0.224. The van der Waals surface area contributed by atoms with Crippen LogP contribution in [-0.4, -0.2) is 41.2 Å².